The summed E-state index contributed by atoms with van der Waals surface area (Å²) in [7, 11) is 0. The van der Waals surface area contributed by atoms with E-state index in [0.29, 0.717) is 5.92 Å². The lowest BCUT2D eigenvalue weighted by molar-refractivity contribution is 0.392. The lowest BCUT2D eigenvalue weighted by atomic mass is 10.0. The molecule has 1 heterocycles. The van der Waals surface area contributed by atoms with Gasteiger partial charge in [0.2, 0.25) is 0 Å². The van der Waals surface area contributed by atoms with Gasteiger partial charge < -0.3 is 9.80 Å². The molecule has 0 atom stereocenters. The lowest BCUT2D eigenvalue weighted by Gasteiger charge is -2.37. The van der Waals surface area contributed by atoms with Crippen LogP contribution in [0.3, 0.4) is 0 Å². The number of rotatable bonds is 3. The largest absolute Gasteiger partial charge is 0.368 e. The van der Waals surface area contributed by atoms with E-state index >= 15 is 0 Å². The Morgan fingerprint density at radius 2 is 1.50 bits per heavy atom. The summed E-state index contributed by atoms with van der Waals surface area (Å²) in [5, 5.41) is 0. The summed E-state index contributed by atoms with van der Waals surface area (Å²) in [5.41, 5.74) is 3.52. The van der Waals surface area contributed by atoms with Crippen molar-refractivity contribution in [3.8, 4) is 0 Å². The van der Waals surface area contributed by atoms with E-state index in [2.05, 4.69) is 47.9 Å². The molecule has 1 aliphatic rings. The summed E-state index contributed by atoms with van der Waals surface area (Å²) >= 11 is 5.68. The van der Waals surface area contributed by atoms with E-state index < -0.39 is 0 Å². The van der Waals surface area contributed by atoms with Crippen molar-refractivity contribution in [1.82, 2.24) is 4.90 Å². The molecule has 0 radical (unpaired) electrons. The summed E-state index contributed by atoms with van der Waals surface area (Å²) in [6.45, 7) is 7.97. The number of benzene rings is 2. The molecule has 0 saturated carbocycles. The van der Waals surface area contributed by atoms with Crippen LogP contribution in [0.1, 0.15) is 30.9 Å². The topological polar surface area (TPSA) is 6.48 Å². The summed E-state index contributed by atoms with van der Waals surface area (Å²) < 4.78 is 13.0. The highest BCUT2D eigenvalue weighted by molar-refractivity contribution is 7.80. The van der Waals surface area contributed by atoms with Gasteiger partial charge in [0.05, 0.1) is 0 Å². The molecule has 24 heavy (non-hydrogen) atoms. The molecule has 0 bridgehead atoms. The second kappa shape index (κ2) is 7.31. The predicted molar refractivity (Wildman–Crippen MR) is 102 cm³/mol. The summed E-state index contributed by atoms with van der Waals surface area (Å²) in [4.78, 5) is 5.46. The van der Waals surface area contributed by atoms with Crippen molar-refractivity contribution in [3.63, 3.8) is 0 Å². The van der Waals surface area contributed by atoms with Gasteiger partial charge in [-0.2, -0.15) is 0 Å². The fourth-order valence-electron chi connectivity index (χ4n) is 3.01. The van der Waals surface area contributed by atoms with Crippen LogP contribution in [0, 0.1) is 5.82 Å². The van der Waals surface area contributed by atoms with Gasteiger partial charge in [0.25, 0.3) is 0 Å². The van der Waals surface area contributed by atoms with E-state index in [9.17, 15) is 4.39 Å². The Balaban J connectivity index is 1.61. The molecule has 0 aromatic heterocycles. The van der Waals surface area contributed by atoms with E-state index in [4.69, 9.17) is 12.2 Å². The van der Waals surface area contributed by atoms with Crippen molar-refractivity contribution in [2.24, 2.45) is 0 Å². The van der Waals surface area contributed by atoms with E-state index in [1.165, 1.54) is 17.7 Å². The standard InChI is InChI=1S/C20H23FN2S/c1-15(2)16-3-5-17(6-4-16)20(24)23-13-11-22(12-14-23)19-9-7-18(21)8-10-19/h3-10,15H,11-14H2,1-2H3. The van der Waals surface area contributed by atoms with Crippen LogP contribution >= 0.6 is 12.2 Å². The zero-order valence-corrected chi connectivity index (χ0v) is 15.0. The molecule has 126 valence electrons. The third-order valence-electron chi connectivity index (χ3n) is 4.58. The molecule has 2 aromatic carbocycles. The number of anilines is 1. The monoisotopic (exact) mass is 342 g/mol. The predicted octanol–water partition coefficient (Wildman–Crippen LogP) is 4.45. The zero-order chi connectivity index (χ0) is 17.1. The van der Waals surface area contributed by atoms with E-state index in [-0.39, 0.29) is 5.82 Å². The Morgan fingerprint density at radius 1 is 0.917 bits per heavy atom. The molecular weight excluding hydrogens is 319 g/mol. The Hall–Kier alpha value is -1.94. The highest BCUT2D eigenvalue weighted by atomic mass is 32.1. The van der Waals surface area contributed by atoms with Crippen molar-refractivity contribution < 1.29 is 4.39 Å². The van der Waals surface area contributed by atoms with E-state index in [1.807, 2.05) is 12.1 Å². The SMILES string of the molecule is CC(C)c1ccc(C(=S)N2CCN(c3ccc(F)cc3)CC2)cc1. The van der Waals surface area contributed by atoms with Gasteiger partial charge in [0, 0.05) is 37.4 Å². The minimum absolute atomic E-state index is 0.191. The molecule has 1 saturated heterocycles. The van der Waals surface area contributed by atoms with Crippen LogP contribution in [0.2, 0.25) is 0 Å². The van der Waals surface area contributed by atoms with E-state index in [0.717, 1.165) is 42.4 Å². The molecule has 4 heteroatoms. The summed E-state index contributed by atoms with van der Waals surface area (Å²) in [5.74, 6) is 0.343. The van der Waals surface area contributed by atoms with Crippen LogP contribution in [-0.2, 0) is 0 Å². The third-order valence-corrected chi connectivity index (χ3v) is 5.08. The third kappa shape index (κ3) is 3.75. The van der Waals surface area contributed by atoms with Crippen LogP contribution in [0.5, 0.6) is 0 Å². The van der Waals surface area contributed by atoms with Crippen LogP contribution in [0.15, 0.2) is 48.5 Å². The van der Waals surface area contributed by atoms with Crippen molar-refractivity contribution in [2.75, 3.05) is 31.1 Å². The quantitative estimate of drug-likeness (QED) is 0.761. The Morgan fingerprint density at radius 3 is 2.04 bits per heavy atom. The van der Waals surface area contributed by atoms with Gasteiger partial charge in [0.1, 0.15) is 10.8 Å². The number of halogens is 1. The first-order valence-electron chi connectivity index (χ1n) is 8.44. The second-order valence-electron chi connectivity index (χ2n) is 6.53. The average Bonchev–Trinajstić information content (AvgIpc) is 2.62. The van der Waals surface area contributed by atoms with Gasteiger partial charge in [0.15, 0.2) is 0 Å². The number of thiocarbonyl (C=S) groups is 1. The maximum absolute atomic E-state index is 13.0. The number of nitrogens with zero attached hydrogens (tertiary/aromatic N) is 2. The van der Waals surface area contributed by atoms with Gasteiger partial charge in [-0.15, -0.1) is 0 Å². The van der Waals surface area contributed by atoms with Crippen molar-refractivity contribution in [2.45, 2.75) is 19.8 Å². The zero-order valence-electron chi connectivity index (χ0n) is 14.2. The second-order valence-corrected chi connectivity index (χ2v) is 6.92. The molecule has 0 aliphatic carbocycles. The first-order valence-corrected chi connectivity index (χ1v) is 8.85. The Kier molecular flexibility index (Phi) is 5.14. The molecule has 0 N–H and O–H groups in total. The number of hydrogen-bond donors (Lipinski definition) is 0. The maximum Gasteiger partial charge on any atom is 0.123 e. The fraction of sp³-hybridized carbons (Fsp3) is 0.350. The highest BCUT2D eigenvalue weighted by Gasteiger charge is 2.20. The summed E-state index contributed by atoms with van der Waals surface area (Å²) in [6, 6.07) is 15.3. The average molecular weight is 342 g/mol. The van der Waals surface area contributed by atoms with Gasteiger partial charge in [-0.1, -0.05) is 50.3 Å². The summed E-state index contributed by atoms with van der Waals surface area (Å²) in [6.07, 6.45) is 0. The molecule has 0 spiro atoms. The minimum atomic E-state index is -0.191. The number of hydrogen-bond acceptors (Lipinski definition) is 2. The molecule has 1 aliphatic heterocycles. The van der Waals surface area contributed by atoms with Crippen LogP contribution in [0.25, 0.3) is 0 Å². The Bertz CT molecular complexity index is 687. The molecule has 2 aromatic rings. The Labute approximate surface area is 148 Å². The smallest absolute Gasteiger partial charge is 0.123 e. The van der Waals surface area contributed by atoms with Crippen LogP contribution in [-0.4, -0.2) is 36.1 Å². The molecule has 0 unspecified atom stereocenters. The van der Waals surface area contributed by atoms with Crippen molar-refractivity contribution in [3.05, 3.63) is 65.5 Å². The lowest BCUT2D eigenvalue weighted by Crippen LogP contribution is -2.48. The number of piperazine rings is 1. The normalized spacial score (nSPS) is 15.0. The van der Waals surface area contributed by atoms with Crippen LogP contribution < -0.4 is 4.90 Å². The van der Waals surface area contributed by atoms with Crippen molar-refractivity contribution >= 4 is 22.9 Å². The maximum atomic E-state index is 13.0. The van der Waals surface area contributed by atoms with Gasteiger partial charge in [-0.05, 0) is 35.7 Å². The highest BCUT2D eigenvalue weighted by Crippen LogP contribution is 2.19. The molecule has 1 fully saturated rings. The van der Waals surface area contributed by atoms with Crippen molar-refractivity contribution in [1.29, 1.82) is 0 Å². The fourth-order valence-corrected chi connectivity index (χ4v) is 3.33. The van der Waals surface area contributed by atoms with Gasteiger partial charge in [-0.25, -0.2) is 4.39 Å². The molecular formula is C20H23FN2S. The van der Waals surface area contributed by atoms with Gasteiger partial charge >= 0.3 is 0 Å². The molecule has 3 rings (SSSR count). The first kappa shape index (κ1) is 16.9. The molecule has 0 amide bonds. The van der Waals surface area contributed by atoms with Crippen LogP contribution in [0.4, 0.5) is 10.1 Å². The van der Waals surface area contributed by atoms with Gasteiger partial charge in [-0.3, -0.25) is 0 Å². The first-order chi connectivity index (χ1) is 11.5. The van der Waals surface area contributed by atoms with E-state index in [1.54, 1.807) is 0 Å². The minimum Gasteiger partial charge on any atom is -0.368 e. The molecule has 2 nitrogen and oxygen atoms in total.